The number of rotatable bonds is 7. The second-order valence-electron chi connectivity index (χ2n) is 5.42. The van der Waals surface area contributed by atoms with E-state index in [-0.39, 0.29) is 0 Å². The summed E-state index contributed by atoms with van der Waals surface area (Å²) in [6, 6.07) is 10.5. The van der Waals surface area contributed by atoms with Crippen LogP contribution in [-0.4, -0.2) is 13.2 Å². The van der Waals surface area contributed by atoms with Crippen molar-refractivity contribution in [3.8, 4) is 11.5 Å². The van der Waals surface area contributed by atoms with Gasteiger partial charge in [-0.3, -0.25) is 0 Å². The normalized spacial score (nSPS) is 10.5. The third-order valence-corrected chi connectivity index (χ3v) is 4.25. The third kappa shape index (κ3) is 4.64. The van der Waals surface area contributed by atoms with Gasteiger partial charge in [-0.15, -0.1) is 0 Å². The molecule has 0 aromatic heterocycles. The molecule has 1 N–H and O–H groups in total. The summed E-state index contributed by atoms with van der Waals surface area (Å²) in [6.45, 7) is 10.1. The lowest BCUT2D eigenvalue weighted by atomic mass is 10.1. The van der Waals surface area contributed by atoms with Crippen LogP contribution < -0.4 is 14.8 Å². The predicted molar refractivity (Wildman–Crippen MR) is 99.7 cm³/mol. The van der Waals surface area contributed by atoms with E-state index in [2.05, 4.69) is 59.4 Å². The molecular formula is C19H24BrNO2. The van der Waals surface area contributed by atoms with E-state index in [0.717, 1.165) is 33.8 Å². The molecule has 0 atom stereocenters. The first-order valence-corrected chi connectivity index (χ1v) is 8.73. The van der Waals surface area contributed by atoms with Crippen LogP contribution in [0, 0.1) is 13.8 Å². The molecule has 0 aliphatic rings. The number of ether oxygens (including phenoxy) is 2. The first-order valence-electron chi connectivity index (χ1n) is 7.94. The molecule has 0 bridgehead atoms. The van der Waals surface area contributed by atoms with E-state index >= 15 is 0 Å². The molecule has 3 nitrogen and oxygen atoms in total. The maximum Gasteiger partial charge on any atom is 0.175 e. The number of benzene rings is 2. The number of hydrogen-bond donors (Lipinski definition) is 1. The molecule has 0 saturated heterocycles. The zero-order valence-corrected chi connectivity index (χ0v) is 15.8. The average molecular weight is 378 g/mol. The molecule has 0 unspecified atom stereocenters. The van der Waals surface area contributed by atoms with Gasteiger partial charge in [-0.2, -0.15) is 0 Å². The van der Waals surface area contributed by atoms with Crippen LogP contribution >= 0.6 is 15.9 Å². The summed E-state index contributed by atoms with van der Waals surface area (Å²) in [4.78, 5) is 0. The number of anilines is 1. The smallest absolute Gasteiger partial charge is 0.175 e. The number of nitrogens with one attached hydrogen (secondary N) is 1. The Morgan fingerprint density at radius 3 is 2.35 bits per heavy atom. The molecule has 2 aromatic carbocycles. The first kappa shape index (κ1) is 17.7. The second kappa shape index (κ2) is 8.25. The average Bonchev–Trinajstić information content (AvgIpc) is 2.52. The fourth-order valence-electron chi connectivity index (χ4n) is 2.33. The van der Waals surface area contributed by atoms with Gasteiger partial charge in [0.2, 0.25) is 0 Å². The van der Waals surface area contributed by atoms with E-state index in [1.165, 1.54) is 11.1 Å². The van der Waals surface area contributed by atoms with Crippen LogP contribution in [0.4, 0.5) is 5.69 Å². The van der Waals surface area contributed by atoms with Crippen LogP contribution in [0.1, 0.15) is 30.5 Å². The topological polar surface area (TPSA) is 30.5 Å². The van der Waals surface area contributed by atoms with Crippen molar-refractivity contribution >= 4 is 21.6 Å². The van der Waals surface area contributed by atoms with Crippen LogP contribution in [0.5, 0.6) is 11.5 Å². The summed E-state index contributed by atoms with van der Waals surface area (Å²) in [5.41, 5.74) is 4.86. The van der Waals surface area contributed by atoms with Crippen LogP contribution in [0.15, 0.2) is 34.8 Å². The van der Waals surface area contributed by atoms with E-state index in [4.69, 9.17) is 9.47 Å². The van der Waals surface area contributed by atoms with Crippen LogP contribution in [0.3, 0.4) is 0 Å². The molecule has 0 saturated carbocycles. The summed E-state index contributed by atoms with van der Waals surface area (Å²) in [5, 5.41) is 3.46. The van der Waals surface area contributed by atoms with Crippen molar-refractivity contribution in [3.63, 3.8) is 0 Å². The minimum Gasteiger partial charge on any atom is -0.490 e. The van der Waals surface area contributed by atoms with Crippen LogP contribution in [-0.2, 0) is 6.54 Å². The Bertz CT molecular complexity index is 671. The SMILES string of the molecule is CCOc1cc(CNc2ccc(C)c(C)c2)cc(Br)c1OCC. The fourth-order valence-corrected chi connectivity index (χ4v) is 2.93. The molecule has 0 radical (unpaired) electrons. The number of hydrogen-bond acceptors (Lipinski definition) is 3. The zero-order valence-electron chi connectivity index (χ0n) is 14.2. The molecule has 0 aliphatic carbocycles. The first-order chi connectivity index (χ1) is 11.0. The van der Waals surface area contributed by atoms with Crippen molar-refractivity contribution < 1.29 is 9.47 Å². The molecule has 2 rings (SSSR count). The Morgan fingerprint density at radius 2 is 1.70 bits per heavy atom. The van der Waals surface area contributed by atoms with E-state index < -0.39 is 0 Å². The van der Waals surface area contributed by atoms with E-state index in [1.807, 2.05) is 19.9 Å². The highest BCUT2D eigenvalue weighted by Gasteiger charge is 2.12. The van der Waals surface area contributed by atoms with Crippen molar-refractivity contribution in [1.29, 1.82) is 0 Å². The van der Waals surface area contributed by atoms with Gasteiger partial charge >= 0.3 is 0 Å². The lowest BCUT2D eigenvalue weighted by Gasteiger charge is -2.15. The standard InChI is InChI=1S/C19H24BrNO2/c1-5-22-18-11-15(10-17(20)19(18)23-6-2)12-21-16-8-7-13(3)14(4)9-16/h7-11,21H,5-6,12H2,1-4H3. The highest BCUT2D eigenvalue weighted by molar-refractivity contribution is 9.10. The minimum absolute atomic E-state index is 0.610. The Balaban J connectivity index is 2.17. The van der Waals surface area contributed by atoms with Crippen LogP contribution in [0.25, 0.3) is 0 Å². The number of aryl methyl sites for hydroxylation is 2. The quantitative estimate of drug-likeness (QED) is 0.693. The van der Waals surface area contributed by atoms with Gasteiger partial charge in [-0.05, 0) is 84.6 Å². The fraction of sp³-hybridized carbons (Fsp3) is 0.368. The van der Waals surface area contributed by atoms with E-state index in [9.17, 15) is 0 Å². The largest absolute Gasteiger partial charge is 0.490 e. The molecule has 0 aliphatic heterocycles. The predicted octanol–water partition coefficient (Wildman–Crippen LogP) is 5.48. The van der Waals surface area contributed by atoms with Crippen LogP contribution in [0.2, 0.25) is 0 Å². The summed E-state index contributed by atoms with van der Waals surface area (Å²) in [5.74, 6) is 1.55. The van der Waals surface area contributed by atoms with E-state index in [0.29, 0.717) is 13.2 Å². The lowest BCUT2D eigenvalue weighted by molar-refractivity contribution is 0.286. The number of halogens is 1. The highest BCUT2D eigenvalue weighted by Crippen LogP contribution is 2.37. The molecule has 0 amide bonds. The van der Waals surface area contributed by atoms with Crippen molar-refractivity contribution in [2.24, 2.45) is 0 Å². The van der Waals surface area contributed by atoms with Crippen molar-refractivity contribution in [1.82, 2.24) is 0 Å². The van der Waals surface area contributed by atoms with E-state index in [1.54, 1.807) is 0 Å². The molecule has 0 fully saturated rings. The van der Waals surface area contributed by atoms with Gasteiger partial charge in [0.15, 0.2) is 11.5 Å². The Morgan fingerprint density at radius 1 is 0.957 bits per heavy atom. The third-order valence-electron chi connectivity index (χ3n) is 3.66. The summed E-state index contributed by atoms with van der Waals surface area (Å²) < 4.78 is 12.3. The second-order valence-corrected chi connectivity index (χ2v) is 6.28. The summed E-state index contributed by atoms with van der Waals surface area (Å²) in [6.07, 6.45) is 0. The molecule has 124 valence electrons. The van der Waals surface area contributed by atoms with Crippen molar-refractivity contribution in [3.05, 3.63) is 51.5 Å². The van der Waals surface area contributed by atoms with Gasteiger partial charge in [-0.25, -0.2) is 0 Å². The molecule has 4 heteroatoms. The monoisotopic (exact) mass is 377 g/mol. The van der Waals surface area contributed by atoms with Gasteiger partial charge < -0.3 is 14.8 Å². The van der Waals surface area contributed by atoms with Gasteiger partial charge in [-0.1, -0.05) is 6.07 Å². The Labute approximate surface area is 147 Å². The zero-order chi connectivity index (χ0) is 16.8. The molecular weight excluding hydrogens is 354 g/mol. The maximum absolute atomic E-state index is 5.72. The molecule has 2 aromatic rings. The van der Waals surface area contributed by atoms with Crippen molar-refractivity contribution in [2.45, 2.75) is 34.2 Å². The maximum atomic E-state index is 5.72. The van der Waals surface area contributed by atoms with Gasteiger partial charge in [0, 0.05) is 12.2 Å². The Kier molecular flexibility index (Phi) is 6.34. The molecule has 0 heterocycles. The highest BCUT2D eigenvalue weighted by atomic mass is 79.9. The molecule has 23 heavy (non-hydrogen) atoms. The van der Waals surface area contributed by atoms with Gasteiger partial charge in [0.1, 0.15) is 0 Å². The molecule has 0 spiro atoms. The Hall–Kier alpha value is -1.68. The minimum atomic E-state index is 0.610. The summed E-state index contributed by atoms with van der Waals surface area (Å²) in [7, 11) is 0. The van der Waals surface area contributed by atoms with Gasteiger partial charge in [0.05, 0.1) is 17.7 Å². The summed E-state index contributed by atoms with van der Waals surface area (Å²) >= 11 is 3.58. The van der Waals surface area contributed by atoms with Crippen molar-refractivity contribution in [2.75, 3.05) is 18.5 Å². The lowest BCUT2D eigenvalue weighted by Crippen LogP contribution is -2.03. The van der Waals surface area contributed by atoms with Gasteiger partial charge in [0.25, 0.3) is 0 Å².